The first kappa shape index (κ1) is 25.7. The number of anilines is 1. The van der Waals surface area contributed by atoms with Crippen LogP contribution in [0.1, 0.15) is 49.5 Å². The van der Waals surface area contributed by atoms with Crippen molar-refractivity contribution in [2.75, 3.05) is 18.5 Å². The predicted octanol–water partition coefficient (Wildman–Crippen LogP) is 5.03. The third-order valence-electron chi connectivity index (χ3n) is 5.75. The molecule has 8 nitrogen and oxygen atoms in total. The summed E-state index contributed by atoms with van der Waals surface area (Å²) < 4.78 is 10.7. The lowest BCUT2D eigenvalue weighted by Gasteiger charge is -2.19. The lowest BCUT2D eigenvalue weighted by molar-refractivity contribution is 0.0188. The van der Waals surface area contributed by atoms with Crippen molar-refractivity contribution in [3.63, 3.8) is 0 Å². The second-order valence-electron chi connectivity index (χ2n) is 9.59. The van der Waals surface area contributed by atoms with Gasteiger partial charge < -0.3 is 25.0 Å². The van der Waals surface area contributed by atoms with E-state index in [2.05, 4.69) is 22.8 Å². The van der Waals surface area contributed by atoms with Crippen molar-refractivity contribution in [3.05, 3.63) is 76.7 Å². The number of aliphatic hydroxyl groups is 2. The molecule has 0 spiro atoms. The van der Waals surface area contributed by atoms with Crippen LogP contribution in [0, 0.1) is 0 Å². The average molecular weight is 511 g/mol. The smallest absolute Gasteiger partial charge is 0.412 e. The molecule has 2 amide bonds. The number of rotatable bonds is 7. The summed E-state index contributed by atoms with van der Waals surface area (Å²) in [7, 11) is 0. The molecule has 0 bridgehead atoms. The Hall–Kier alpha value is -3.40. The summed E-state index contributed by atoms with van der Waals surface area (Å²) in [5, 5.41) is 28.0. The minimum atomic E-state index is -1.27. The number of carbonyl (C=O) groups is 2. The molecular weight excluding hydrogens is 480 g/mol. The number of fused-ring (bicyclic) bond motifs is 3. The number of benzene rings is 2. The van der Waals surface area contributed by atoms with Gasteiger partial charge in [-0.1, -0.05) is 48.5 Å². The van der Waals surface area contributed by atoms with Gasteiger partial charge in [0.05, 0.1) is 5.00 Å². The summed E-state index contributed by atoms with van der Waals surface area (Å²) in [5.41, 5.74) is 4.26. The lowest BCUT2D eigenvalue weighted by Crippen LogP contribution is -2.36. The van der Waals surface area contributed by atoms with E-state index in [1.54, 1.807) is 32.2 Å². The maximum absolute atomic E-state index is 12.3. The van der Waals surface area contributed by atoms with Crippen LogP contribution in [0.2, 0.25) is 0 Å². The van der Waals surface area contributed by atoms with Crippen LogP contribution in [0.15, 0.2) is 60.0 Å². The molecule has 0 saturated carbocycles. The van der Waals surface area contributed by atoms with Crippen molar-refractivity contribution < 1.29 is 29.3 Å². The minimum absolute atomic E-state index is 0.0691. The van der Waals surface area contributed by atoms with Crippen molar-refractivity contribution in [1.29, 1.82) is 0 Å². The summed E-state index contributed by atoms with van der Waals surface area (Å²) in [4.78, 5) is 24.3. The third-order valence-corrected chi connectivity index (χ3v) is 6.61. The highest BCUT2D eigenvalue weighted by atomic mass is 32.1. The van der Waals surface area contributed by atoms with Gasteiger partial charge in [0.25, 0.3) is 0 Å². The Morgan fingerprint density at radius 2 is 1.61 bits per heavy atom. The molecule has 1 aliphatic rings. The summed E-state index contributed by atoms with van der Waals surface area (Å²) in [6, 6.07) is 17.7. The summed E-state index contributed by atoms with van der Waals surface area (Å²) in [6.45, 7) is 5.23. The molecule has 0 radical (unpaired) electrons. The van der Waals surface area contributed by atoms with E-state index < -0.39 is 30.0 Å². The summed E-state index contributed by atoms with van der Waals surface area (Å²) in [6.07, 6.45) is -3.82. The normalized spacial score (nSPS) is 14.4. The number of alkyl carbamates (subject to hydrolysis) is 1. The van der Waals surface area contributed by atoms with Crippen molar-refractivity contribution >= 4 is 28.5 Å². The molecule has 1 aliphatic carbocycles. The van der Waals surface area contributed by atoms with Crippen LogP contribution in [0.4, 0.5) is 14.6 Å². The van der Waals surface area contributed by atoms with Gasteiger partial charge in [-0.3, -0.25) is 5.32 Å². The number of ether oxygens (including phenoxy) is 2. The number of carbonyl (C=O) groups excluding carboxylic acids is 2. The van der Waals surface area contributed by atoms with Crippen LogP contribution in [0.5, 0.6) is 0 Å². The highest BCUT2D eigenvalue weighted by molar-refractivity contribution is 7.14. The molecule has 4 N–H and O–H groups in total. The molecule has 0 aliphatic heterocycles. The Morgan fingerprint density at radius 1 is 1.00 bits per heavy atom. The van der Waals surface area contributed by atoms with Gasteiger partial charge in [0.15, 0.2) is 0 Å². The Kier molecular flexibility index (Phi) is 7.63. The van der Waals surface area contributed by atoms with Gasteiger partial charge in [-0.05, 0) is 60.0 Å². The van der Waals surface area contributed by atoms with Gasteiger partial charge in [0.1, 0.15) is 24.4 Å². The van der Waals surface area contributed by atoms with Gasteiger partial charge in [-0.25, -0.2) is 9.59 Å². The van der Waals surface area contributed by atoms with Crippen LogP contribution in [-0.4, -0.2) is 47.3 Å². The standard InChI is InChI=1S/C27H30N2O6S/c1-27(2,3)35-26(33)29-23-12-16(15-36-23)24(31)22(30)13-28-25(32)34-14-21-19-10-6-4-8-17(19)18-9-5-7-11-20(18)21/h4-12,15,21-22,24,30-31H,13-14H2,1-3H3,(H,28,32)(H,29,33). The highest BCUT2D eigenvalue weighted by Crippen LogP contribution is 2.44. The molecule has 3 aromatic rings. The zero-order valence-corrected chi connectivity index (χ0v) is 21.2. The van der Waals surface area contributed by atoms with Crippen molar-refractivity contribution in [2.24, 2.45) is 0 Å². The SMILES string of the molecule is CC(C)(C)OC(=O)Nc1cc(C(O)C(O)CNC(=O)OCC2c3ccccc3-c3ccccc32)cs1. The van der Waals surface area contributed by atoms with Crippen molar-refractivity contribution in [3.8, 4) is 11.1 Å². The summed E-state index contributed by atoms with van der Waals surface area (Å²) >= 11 is 1.19. The van der Waals surface area contributed by atoms with Crippen LogP contribution in [0.3, 0.4) is 0 Å². The van der Waals surface area contributed by atoms with E-state index >= 15 is 0 Å². The predicted molar refractivity (Wildman–Crippen MR) is 138 cm³/mol. The first-order valence-electron chi connectivity index (χ1n) is 11.7. The molecule has 1 aromatic heterocycles. The molecule has 4 rings (SSSR count). The fourth-order valence-electron chi connectivity index (χ4n) is 4.15. The van der Waals surface area contributed by atoms with Gasteiger partial charge in [0.2, 0.25) is 0 Å². The molecule has 36 heavy (non-hydrogen) atoms. The topological polar surface area (TPSA) is 117 Å². The Labute approximate surface area is 213 Å². The fourth-order valence-corrected chi connectivity index (χ4v) is 4.96. The zero-order valence-electron chi connectivity index (χ0n) is 20.4. The Balaban J connectivity index is 1.27. The fraction of sp³-hybridized carbons (Fsp3) is 0.333. The number of nitrogens with one attached hydrogen (secondary N) is 2. The number of thiophene rings is 1. The molecule has 0 saturated heterocycles. The first-order valence-corrected chi connectivity index (χ1v) is 12.5. The first-order chi connectivity index (χ1) is 17.1. The molecule has 2 atom stereocenters. The van der Waals surface area contributed by atoms with Gasteiger partial charge >= 0.3 is 12.2 Å². The highest BCUT2D eigenvalue weighted by Gasteiger charge is 2.29. The van der Waals surface area contributed by atoms with E-state index in [1.807, 2.05) is 36.4 Å². The molecule has 2 unspecified atom stereocenters. The molecule has 0 fully saturated rings. The minimum Gasteiger partial charge on any atom is -0.449 e. The van der Waals surface area contributed by atoms with E-state index in [-0.39, 0.29) is 19.1 Å². The molecule has 190 valence electrons. The maximum atomic E-state index is 12.3. The Bertz CT molecular complexity index is 1190. The van der Waals surface area contributed by atoms with Crippen LogP contribution < -0.4 is 10.6 Å². The van der Waals surface area contributed by atoms with Crippen LogP contribution >= 0.6 is 11.3 Å². The van der Waals surface area contributed by atoms with E-state index in [0.29, 0.717) is 10.6 Å². The number of hydrogen-bond acceptors (Lipinski definition) is 7. The van der Waals surface area contributed by atoms with Crippen LogP contribution in [0.25, 0.3) is 11.1 Å². The monoisotopic (exact) mass is 510 g/mol. The maximum Gasteiger partial charge on any atom is 0.412 e. The molecule has 2 aromatic carbocycles. The van der Waals surface area contributed by atoms with Gasteiger partial charge in [-0.15, -0.1) is 11.3 Å². The van der Waals surface area contributed by atoms with Gasteiger partial charge in [-0.2, -0.15) is 0 Å². The molecule has 1 heterocycles. The zero-order chi connectivity index (χ0) is 25.9. The van der Waals surface area contributed by atoms with Crippen molar-refractivity contribution in [2.45, 2.75) is 44.5 Å². The second kappa shape index (κ2) is 10.7. The largest absolute Gasteiger partial charge is 0.449 e. The van der Waals surface area contributed by atoms with E-state index in [0.717, 1.165) is 22.3 Å². The molecule has 9 heteroatoms. The average Bonchev–Trinajstić information content (AvgIpc) is 3.42. The third kappa shape index (κ3) is 6.04. The summed E-state index contributed by atoms with van der Waals surface area (Å²) in [5.74, 6) is -0.0691. The van der Waals surface area contributed by atoms with E-state index in [1.165, 1.54) is 11.3 Å². The van der Waals surface area contributed by atoms with Crippen molar-refractivity contribution in [1.82, 2.24) is 5.32 Å². The number of hydrogen-bond donors (Lipinski definition) is 4. The lowest BCUT2D eigenvalue weighted by atomic mass is 9.98. The van der Waals surface area contributed by atoms with Crippen LogP contribution in [-0.2, 0) is 9.47 Å². The number of amides is 2. The molecular formula is C27H30N2O6S. The quantitative estimate of drug-likeness (QED) is 0.354. The Morgan fingerprint density at radius 3 is 2.22 bits per heavy atom. The van der Waals surface area contributed by atoms with E-state index in [4.69, 9.17) is 9.47 Å². The van der Waals surface area contributed by atoms with Gasteiger partial charge in [0, 0.05) is 12.5 Å². The second-order valence-corrected chi connectivity index (χ2v) is 10.5. The van der Waals surface area contributed by atoms with E-state index in [9.17, 15) is 19.8 Å². The number of aliphatic hydroxyl groups excluding tert-OH is 2.